The molecule has 0 saturated carbocycles. The SMILES string of the molecule is CNc1ncccc1C(=O)NCC1CCCCO1. The molecule has 5 nitrogen and oxygen atoms in total. The Morgan fingerprint density at radius 2 is 2.44 bits per heavy atom. The number of ether oxygens (including phenoxy) is 1. The van der Waals surface area contributed by atoms with Gasteiger partial charge in [0.15, 0.2) is 0 Å². The fourth-order valence-corrected chi connectivity index (χ4v) is 2.06. The highest BCUT2D eigenvalue weighted by molar-refractivity contribution is 5.98. The molecule has 2 N–H and O–H groups in total. The van der Waals surface area contributed by atoms with E-state index in [1.165, 1.54) is 6.42 Å². The average molecular weight is 249 g/mol. The number of hydrogen-bond donors (Lipinski definition) is 2. The summed E-state index contributed by atoms with van der Waals surface area (Å²) in [6.07, 6.45) is 5.13. The van der Waals surface area contributed by atoms with Gasteiger partial charge in [0.2, 0.25) is 0 Å². The summed E-state index contributed by atoms with van der Waals surface area (Å²) >= 11 is 0. The molecule has 18 heavy (non-hydrogen) atoms. The Hall–Kier alpha value is -1.62. The van der Waals surface area contributed by atoms with Gasteiger partial charge in [0.25, 0.3) is 5.91 Å². The maximum atomic E-state index is 12.0. The Bertz CT molecular complexity index is 403. The Morgan fingerprint density at radius 3 is 3.17 bits per heavy atom. The molecule has 1 unspecified atom stereocenters. The van der Waals surface area contributed by atoms with Crippen LogP contribution >= 0.6 is 0 Å². The van der Waals surface area contributed by atoms with Crippen LogP contribution in [0.1, 0.15) is 29.6 Å². The topological polar surface area (TPSA) is 63.2 Å². The third-order valence-corrected chi connectivity index (χ3v) is 3.05. The molecule has 5 heteroatoms. The van der Waals surface area contributed by atoms with Gasteiger partial charge in [-0.1, -0.05) is 0 Å². The average Bonchev–Trinajstić information content (AvgIpc) is 2.45. The van der Waals surface area contributed by atoms with E-state index < -0.39 is 0 Å². The van der Waals surface area contributed by atoms with Crippen LogP contribution in [-0.2, 0) is 4.74 Å². The normalized spacial score (nSPS) is 19.3. The van der Waals surface area contributed by atoms with Gasteiger partial charge in [0.1, 0.15) is 5.82 Å². The zero-order valence-electron chi connectivity index (χ0n) is 10.6. The number of amides is 1. The summed E-state index contributed by atoms with van der Waals surface area (Å²) in [5.74, 6) is 0.487. The molecule has 0 bridgehead atoms. The first kappa shape index (κ1) is 12.8. The maximum Gasteiger partial charge on any atom is 0.255 e. The Labute approximate surface area is 107 Å². The van der Waals surface area contributed by atoms with Gasteiger partial charge in [-0.2, -0.15) is 0 Å². The van der Waals surface area contributed by atoms with E-state index in [1.54, 1.807) is 25.4 Å². The fraction of sp³-hybridized carbons (Fsp3) is 0.538. The lowest BCUT2D eigenvalue weighted by Crippen LogP contribution is -2.35. The third kappa shape index (κ3) is 3.20. The number of pyridine rings is 1. The van der Waals surface area contributed by atoms with Gasteiger partial charge >= 0.3 is 0 Å². The number of anilines is 1. The summed E-state index contributed by atoms with van der Waals surface area (Å²) in [5.41, 5.74) is 0.566. The largest absolute Gasteiger partial charge is 0.376 e. The summed E-state index contributed by atoms with van der Waals surface area (Å²) in [6, 6.07) is 3.52. The number of rotatable bonds is 4. The Kier molecular flexibility index (Phi) is 4.52. The van der Waals surface area contributed by atoms with E-state index >= 15 is 0 Å². The monoisotopic (exact) mass is 249 g/mol. The molecule has 1 aromatic heterocycles. The lowest BCUT2D eigenvalue weighted by Gasteiger charge is -2.22. The van der Waals surface area contributed by atoms with Crippen LogP contribution in [0, 0.1) is 0 Å². The lowest BCUT2D eigenvalue weighted by atomic mass is 10.1. The van der Waals surface area contributed by atoms with E-state index in [-0.39, 0.29) is 12.0 Å². The molecular formula is C13H19N3O2. The van der Waals surface area contributed by atoms with Gasteiger partial charge in [0, 0.05) is 26.4 Å². The molecular weight excluding hydrogens is 230 g/mol. The molecule has 1 aromatic rings. The quantitative estimate of drug-likeness (QED) is 0.847. The van der Waals surface area contributed by atoms with Crippen molar-refractivity contribution in [1.82, 2.24) is 10.3 Å². The summed E-state index contributed by atoms with van der Waals surface area (Å²) < 4.78 is 5.57. The number of nitrogens with zero attached hydrogens (tertiary/aromatic N) is 1. The number of hydrogen-bond acceptors (Lipinski definition) is 4. The fourth-order valence-electron chi connectivity index (χ4n) is 2.06. The predicted octanol–water partition coefficient (Wildman–Crippen LogP) is 1.42. The van der Waals surface area contributed by atoms with Crippen molar-refractivity contribution in [3.05, 3.63) is 23.9 Å². The van der Waals surface area contributed by atoms with Gasteiger partial charge in [-0.15, -0.1) is 0 Å². The van der Waals surface area contributed by atoms with Crippen LogP contribution in [-0.4, -0.2) is 37.2 Å². The molecule has 1 atom stereocenters. The van der Waals surface area contributed by atoms with Crippen molar-refractivity contribution < 1.29 is 9.53 Å². The summed E-state index contributed by atoms with van der Waals surface area (Å²) in [7, 11) is 1.75. The van der Waals surface area contributed by atoms with Crippen LogP contribution in [0.15, 0.2) is 18.3 Å². The minimum Gasteiger partial charge on any atom is -0.376 e. The Balaban J connectivity index is 1.90. The minimum atomic E-state index is -0.110. The van der Waals surface area contributed by atoms with E-state index in [4.69, 9.17) is 4.74 Å². The van der Waals surface area contributed by atoms with Crippen LogP contribution in [0.25, 0.3) is 0 Å². The highest BCUT2D eigenvalue weighted by Gasteiger charge is 2.16. The van der Waals surface area contributed by atoms with E-state index in [0.29, 0.717) is 17.9 Å². The molecule has 2 rings (SSSR count). The molecule has 98 valence electrons. The van der Waals surface area contributed by atoms with Gasteiger partial charge < -0.3 is 15.4 Å². The van der Waals surface area contributed by atoms with Crippen molar-refractivity contribution >= 4 is 11.7 Å². The van der Waals surface area contributed by atoms with Gasteiger partial charge in [0.05, 0.1) is 11.7 Å². The molecule has 0 spiro atoms. The summed E-state index contributed by atoms with van der Waals surface area (Å²) in [6.45, 7) is 1.37. The summed E-state index contributed by atoms with van der Waals surface area (Å²) in [4.78, 5) is 16.1. The zero-order valence-corrected chi connectivity index (χ0v) is 10.6. The van der Waals surface area contributed by atoms with Gasteiger partial charge in [-0.25, -0.2) is 4.98 Å². The smallest absolute Gasteiger partial charge is 0.255 e. The highest BCUT2D eigenvalue weighted by atomic mass is 16.5. The molecule has 1 aliphatic rings. The first-order valence-corrected chi connectivity index (χ1v) is 6.34. The molecule has 0 aliphatic carbocycles. The molecule has 2 heterocycles. The van der Waals surface area contributed by atoms with Crippen molar-refractivity contribution in [3.8, 4) is 0 Å². The van der Waals surface area contributed by atoms with Crippen LogP contribution in [0.5, 0.6) is 0 Å². The van der Waals surface area contributed by atoms with Crippen molar-refractivity contribution in [2.45, 2.75) is 25.4 Å². The number of aromatic nitrogens is 1. The zero-order chi connectivity index (χ0) is 12.8. The predicted molar refractivity (Wildman–Crippen MR) is 69.7 cm³/mol. The first-order valence-electron chi connectivity index (χ1n) is 6.34. The number of carbonyl (C=O) groups excluding carboxylic acids is 1. The van der Waals surface area contributed by atoms with E-state index in [2.05, 4.69) is 15.6 Å². The van der Waals surface area contributed by atoms with Crippen molar-refractivity contribution in [2.75, 3.05) is 25.5 Å². The van der Waals surface area contributed by atoms with Crippen LogP contribution in [0.3, 0.4) is 0 Å². The van der Waals surface area contributed by atoms with Crippen LogP contribution < -0.4 is 10.6 Å². The number of carbonyl (C=O) groups is 1. The minimum absolute atomic E-state index is 0.110. The van der Waals surface area contributed by atoms with Crippen molar-refractivity contribution in [2.24, 2.45) is 0 Å². The first-order chi connectivity index (χ1) is 8.81. The van der Waals surface area contributed by atoms with Crippen molar-refractivity contribution in [3.63, 3.8) is 0 Å². The van der Waals surface area contributed by atoms with E-state index in [1.807, 2.05) is 0 Å². The maximum absolute atomic E-state index is 12.0. The van der Waals surface area contributed by atoms with Crippen LogP contribution in [0.2, 0.25) is 0 Å². The van der Waals surface area contributed by atoms with Crippen LogP contribution in [0.4, 0.5) is 5.82 Å². The van der Waals surface area contributed by atoms with Crippen molar-refractivity contribution in [1.29, 1.82) is 0 Å². The Morgan fingerprint density at radius 1 is 1.56 bits per heavy atom. The second-order valence-corrected chi connectivity index (χ2v) is 4.35. The second kappa shape index (κ2) is 6.35. The van der Waals surface area contributed by atoms with E-state index in [0.717, 1.165) is 19.4 Å². The molecule has 1 amide bonds. The molecule has 1 saturated heterocycles. The number of nitrogens with one attached hydrogen (secondary N) is 2. The van der Waals surface area contributed by atoms with E-state index in [9.17, 15) is 4.79 Å². The standard InChI is InChI=1S/C13H19N3O2/c1-14-12-11(6-4-7-15-12)13(17)16-9-10-5-2-3-8-18-10/h4,6-7,10H,2-3,5,8-9H2,1H3,(H,14,15)(H,16,17). The molecule has 0 aromatic carbocycles. The molecule has 1 aliphatic heterocycles. The molecule has 1 fully saturated rings. The lowest BCUT2D eigenvalue weighted by molar-refractivity contribution is 0.0169. The summed E-state index contributed by atoms with van der Waals surface area (Å²) in [5, 5.41) is 5.81. The molecule has 0 radical (unpaired) electrons. The van der Waals surface area contributed by atoms with Gasteiger partial charge in [-0.05, 0) is 31.4 Å². The third-order valence-electron chi connectivity index (χ3n) is 3.05. The highest BCUT2D eigenvalue weighted by Crippen LogP contribution is 2.13. The van der Waals surface area contributed by atoms with Gasteiger partial charge in [-0.3, -0.25) is 4.79 Å². The second-order valence-electron chi connectivity index (χ2n) is 4.35.